The van der Waals surface area contributed by atoms with Crippen molar-refractivity contribution in [3.05, 3.63) is 130 Å². The first kappa shape index (κ1) is 29.2. The molecule has 0 bridgehead atoms. The summed E-state index contributed by atoms with van der Waals surface area (Å²) in [6, 6.07) is 31.2. The van der Waals surface area contributed by atoms with Gasteiger partial charge in [0.05, 0.1) is 23.3 Å². The number of hydrogen-bond donors (Lipinski definition) is 2. The van der Waals surface area contributed by atoms with Gasteiger partial charge in [-0.25, -0.2) is 9.59 Å². The summed E-state index contributed by atoms with van der Waals surface area (Å²) in [6.45, 7) is 0.653. The van der Waals surface area contributed by atoms with Gasteiger partial charge in [-0.15, -0.1) is 0 Å². The maximum atomic E-state index is 13.3. The molecule has 0 heterocycles. The van der Waals surface area contributed by atoms with E-state index in [4.69, 9.17) is 27.9 Å². The van der Waals surface area contributed by atoms with Crippen LogP contribution in [0.5, 0.6) is 0 Å². The number of rotatable bonds is 12. The van der Waals surface area contributed by atoms with Gasteiger partial charge in [-0.3, -0.25) is 0 Å². The van der Waals surface area contributed by atoms with Crippen LogP contribution < -0.4 is 5.32 Å². The zero-order valence-corrected chi connectivity index (χ0v) is 23.3. The SMILES string of the molecule is O=C(O)C(COCc1ccccc1)NC(=O)N(CCc1ccc(-c2ccccc2)cc1)Cc1ccc(Cl)c(Cl)c1. The van der Waals surface area contributed by atoms with Crippen molar-refractivity contribution in [2.45, 2.75) is 25.6 Å². The topological polar surface area (TPSA) is 78.9 Å². The molecule has 0 aliphatic rings. The van der Waals surface area contributed by atoms with Crippen LogP contribution in [0, 0.1) is 0 Å². The number of benzene rings is 4. The predicted molar refractivity (Wildman–Crippen MR) is 159 cm³/mol. The Balaban J connectivity index is 1.43. The highest BCUT2D eigenvalue weighted by Gasteiger charge is 2.24. The third-order valence-corrected chi connectivity index (χ3v) is 7.11. The zero-order valence-electron chi connectivity index (χ0n) is 21.8. The third kappa shape index (κ3) is 8.58. The summed E-state index contributed by atoms with van der Waals surface area (Å²) in [4.78, 5) is 26.8. The number of aliphatic carboxylic acids is 1. The number of hydrogen-bond acceptors (Lipinski definition) is 3. The molecule has 0 aromatic heterocycles. The standard InChI is InChI=1S/C32H30Cl2N2O4/c33-28-16-13-25(19-29(28)34)20-36(18-17-23-11-14-27(15-12-23)26-9-5-2-6-10-26)32(39)35-30(31(37)38)22-40-21-24-7-3-1-4-8-24/h1-16,19,30H,17-18,20-22H2,(H,35,39)(H,37,38). The first-order valence-electron chi connectivity index (χ1n) is 12.9. The number of ether oxygens (including phenoxy) is 1. The van der Waals surface area contributed by atoms with Crippen LogP contribution in [0.25, 0.3) is 11.1 Å². The number of halogens is 2. The largest absolute Gasteiger partial charge is 0.480 e. The molecule has 206 valence electrons. The Morgan fingerprint density at radius 2 is 1.40 bits per heavy atom. The van der Waals surface area contributed by atoms with Gasteiger partial charge in [0.15, 0.2) is 6.04 Å². The summed E-state index contributed by atoms with van der Waals surface area (Å²) >= 11 is 12.3. The number of carboxylic acids is 1. The Labute approximate surface area is 244 Å². The molecule has 4 aromatic carbocycles. The second-order valence-corrected chi connectivity index (χ2v) is 10.1. The number of nitrogens with one attached hydrogen (secondary N) is 1. The van der Waals surface area contributed by atoms with Crippen molar-refractivity contribution >= 4 is 35.2 Å². The van der Waals surface area contributed by atoms with Crippen molar-refractivity contribution in [3.63, 3.8) is 0 Å². The average molecular weight is 578 g/mol. The maximum absolute atomic E-state index is 13.3. The molecule has 1 unspecified atom stereocenters. The molecule has 0 saturated carbocycles. The Morgan fingerprint density at radius 1 is 0.775 bits per heavy atom. The van der Waals surface area contributed by atoms with Crippen molar-refractivity contribution in [2.24, 2.45) is 0 Å². The Morgan fingerprint density at radius 3 is 2.05 bits per heavy atom. The number of carbonyl (C=O) groups excluding carboxylic acids is 1. The first-order chi connectivity index (χ1) is 19.4. The minimum atomic E-state index is -1.21. The minimum Gasteiger partial charge on any atom is -0.480 e. The van der Waals surface area contributed by atoms with E-state index < -0.39 is 18.0 Å². The van der Waals surface area contributed by atoms with Gasteiger partial charge in [-0.05, 0) is 46.4 Å². The summed E-state index contributed by atoms with van der Waals surface area (Å²) in [6.07, 6.45) is 0.575. The van der Waals surface area contributed by atoms with Crippen molar-refractivity contribution in [2.75, 3.05) is 13.2 Å². The van der Waals surface area contributed by atoms with E-state index in [2.05, 4.69) is 29.6 Å². The predicted octanol–water partition coefficient (Wildman–Crippen LogP) is 7.08. The normalized spacial score (nSPS) is 11.6. The summed E-state index contributed by atoms with van der Waals surface area (Å²) in [5.74, 6) is -1.17. The average Bonchev–Trinajstić information content (AvgIpc) is 2.97. The van der Waals surface area contributed by atoms with Crippen LogP contribution in [-0.4, -0.2) is 41.2 Å². The van der Waals surface area contributed by atoms with E-state index >= 15 is 0 Å². The number of amides is 2. The highest BCUT2D eigenvalue weighted by molar-refractivity contribution is 6.42. The maximum Gasteiger partial charge on any atom is 0.328 e. The molecule has 0 aliphatic carbocycles. The molecule has 0 saturated heterocycles. The smallest absolute Gasteiger partial charge is 0.328 e. The van der Waals surface area contributed by atoms with Gasteiger partial charge in [-0.1, -0.05) is 114 Å². The van der Waals surface area contributed by atoms with Crippen LogP contribution >= 0.6 is 23.2 Å². The van der Waals surface area contributed by atoms with E-state index in [1.165, 1.54) is 0 Å². The third-order valence-electron chi connectivity index (χ3n) is 6.37. The molecule has 1 atom stereocenters. The van der Waals surface area contributed by atoms with Gasteiger partial charge >= 0.3 is 12.0 Å². The molecule has 4 rings (SSSR count). The van der Waals surface area contributed by atoms with Gasteiger partial charge < -0.3 is 20.1 Å². The van der Waals surface area contributed by atoms with E-state index in [0.29, 0.717) is 23.0 Å². The lowest BCUT2D eigenvalue weighted by molar-refractivity contribution is -0.141. The molecular formula is C32H30Cl2N2O4. The van der Waals surface area contributed by atoms with Crippen LogP contribution in [0.3, 0.4) is 0 Å². The zero-order chi connectivity index (χ0) is 28.3. The van der Waals surface area contributed by atoms with E-state index in [1.807, 2.05) is 60.7 Å². The molecule has 0 spiro atoms. The molecule has 0 aliphatic heterocycles. The van der Waals surface area contributed by atoms with E-state index in [1.54, 1.807) is 23.1 Å². The molecule has 40 heavy (non-hydrogen) atoms. The summed E-state index contributed by atoms with van der Waals surface area (Å²) < 4.78 is 5.60. The van der Waals surface area contributed by atoms with Crippen molar-refractivity contribution in [3.8, 4) is 11.1 Å². The minimum absolute atomic E-state index is 0.169. The highest BCUT2D eigenvalue weighted by atomic mass is 35.5. The lowest BCUT2D eigenvalue weighted by Crippen LogP contribution is -2.50. The molecule has 0 fully saturated rings. The Kier molecular flexibility index (Phi) is 10.6. The van der Waals surface area contributed by atoms with Crippen LogP contribution in [0.2, 0.25) is 10.0 Å². The molecule has 8 heteroatoms. The van der Waals surface area contributed by atoms with Gasteiger partial charge in [0, 0.05) is 13.1 Å². The van der Waals surface area contributed by atoms with E-state index in [-0.39, 0.29) is 19.8 Å². The van der Waals surface area contributed by atoms with Crippen LogP contribution in [0.15, 0.2) is 103 Å². The van der Waals surface area contributed by atoms with Gasteiger partial charge in [0.1, 0.15) is 0 Å². The van der Waals surface area contributed by atoms with Crippen molar-refractivity contribution in [1.29, 1.82) is 0 Å². The van der Waals surface area contributed by atoms with Crippen molar-refractivity contribution in [1.82, 2.24) is 10.2 Å². The Hall–Kier alpha value is -3.84. The van der Waals surface area contributed by atoms with Crippen LogP contribution in [0.1, 0.15) is 16.7 Å². The fourth-order valence-electron chi connectivity index (χ4n) is 4.15. The summed E-state index contributed by atoms with van der Waals surface area (Å²) in [5.41, 5.74) is 4.97. The van der Waals surface area contributed by atoms with Crippen LogP contribution in [0.4, 0.5) is 4.79 Å². The quantitative estimate of drug-likeness (QED) is 0.189. The van der Waals surface area contributed by atoms with Gasteiger partial charge in [-0.2, -0.15) is 0 Å². The van der Waals surface area contributed by atoms with E-state index in [9.17, 15) is 14.7 Å². The fourth-order valence-corrected chi connectivity index (χ4v) is 4.47. The number of urea groups is 1. The van der Waals surface area contributed by atoms with Crippen LogP contribution in [-0.2, 0) is 29.1 Å². The second kappa shape index (κ2) is 14.5. The second-order valence-electron chi connectivity index (χ2n) is 9.32. The summed E-state index contributed by atoms with van der Waals surface area (Å²) in [5, 5.41) is 13.2. The van der Waals surface area contributed by atoms with E-state index in [0.717, 1.165) is 27.8 Å². The molecule has 2 N–H and O–H groups in total. The number of carbonyl (C=O) groups is 2. The molecule has 6 nitrogen and oxygen atoms in total. The lowest BCUT2D eigenvalue weighted by Gasteiger charge is -2.26. The highest BCUT2D eigenvalue weighted by Crippen LogP contribution is 2.24. The van der Waals surface area contributed by atoms with Crippen molar-refractivity contribution < 1.29 is 19.4 Å². The van der Waals surface area contributed by atoms with Gasteiger partial charge in [0.2, 0.25) is 0 Å². The Bertz CT molecular complexity index is 1400. The number of carboxylic acid groups (broad SMARTS) is 1. The fraction of sp³-hybridized carbons (Fsp3) is 0.188. The summed E-state index contributed by atoms with van der Waals surface area (Å²) in [7, 11) is 0. The molecule has 4 aromatic rings. The molecule has 2 amide bonds. The van der Waals surface area contributed by atoms with Gasteiger partial charge in [0.25, 0.3) is 0 Å². The molecule has 0 radical (unpaired) electrons. The first-order valence-corrected chi connectivity index (χ1v) is 13.6. The monoisotopic (exact) mass is 576 g/mol. The number of nitrogens with zero attached hydrogens (tertiary/aromatic N) is 1. The lowest BCUT2D eigenvalue weighted by atomic mass is 10.0. The molecular weight excluding hydrogens is 547 g/mol.